The first kappa shape index (κ1) is 31.5. The van der Waals surface area contributed by atoms with Gasteiger partial charge in [-0.05, 0) is 36.7 Å². The number of rotatable bonds is 14. The van der Waals surface area contributed by atoms with Gasteiger partial charge in [0, 0.05) is 30.3 Å². The first-order valence-corrected chi connectivity index (χ1v) is 14.9. The van der Waals surface area contributed by atoms with Crippen molar-refractivity contribution in [2.75, 3.05) is 40.1 Å². The van der Waals surface area contributed by atoms with Crippen LogP contribution >= 0.6 is 7.92 Å². The summed E-state index contributed by atoms with van der Waals surface area (Å²) in [7, 11) is 0.157. The Morgan fingerprint density at radius 3 is 2.02 bits per heavy atom. The van der Waals surface area contributed by atoms with Gasteiger partial charge in [0.05, 0.1) is 32.5 Å². The van der Waals surface area contributed by atoms with Crippen LogP contribution in [0.15, 0.2) is 78.9 Å². The van der Waals surface area contributed by atoms with Gasteiger partial charge in [-0.15, -0.1) is 5.06 Å². The number of carbonyl (C=O) groups excluding carboxylic acids is 5. The number of methoxy groups -OCH3 is 1. The van der Waals surface area contributed by atoms with E-state index < -0.39 is 38.3 Å². The number of hydrogen-bond acceptors (Lipinski definition) is 9. The van der Waals surface area contributed by atoms with E-state index in [2.05, 4.69) is 5.32 Å². The van der Waals surface area contributed by atoms with E-state index >= 15 is 0 Å². The molecule has 0 bridgehead atoms. The molecule has 224 valence electrons. The molecule has 1 saturated heterocycles. The predicted octanol–water partition coefficient (Wildman–Crippen LogP) is 1.60. The fraction of sp³-hybridized carbons (Fsp3) is 0.258. The number of amides is 3. The van der Waals surface area contributed by atoms with Gasteiger partial charge in [0.1, 0.15) is 6.61 Å². The summed E-state index contributed by atoms with van der Waals surface area (Å²) in [6.45, 7) is 0.146. The highest BCUT2D eigenvalue weighted by molar-refractivity contribution is 7.80. The highest BCUT2D eigenvalue weighted by Crippen LogP contribution is 2.34. The highest BCUT2D eigenvalue weighted by Gasteiger charge is 2.32. The number of nitrogens with one attached hydrogen (secondary N) is 1. The summed E-state index contributed by atoms with van der Waals surface area (Å²) in [5, 5.41) is 6.02. The molecule has 0 unspecified atom stereocenters. The molecule has 0 saturated carbocycles. The van der Waals surface area contributed by atoms with Crippen LogP contribution in [0.1, 0.15) is 33.6 Å². The zero-order valence-corrected chi connectivity index (χ0v) is 24.4. The number of hydrogen-bond donors (Lipinski definition) is 1. The number of ether oxygens (including phenoxy) is 3. The van der Waals surface area contributed by atoms with Crippen molar-refractivity contribution in [3.05, 3.63) is 90.0 Å². The van der Waals surface area contributed by atoms with Crippen molar-refractivity contribution < 1.29 is 43.0 Å². The van der Waals surface area contributed by atoms with Crippen molar-refractivity contribution in [1.29, 1.82) is 0 Å². The maximum absolute atomic E-state index is 13.0. The Morgan fingerprint density at radius 1 is 0.814 bits per heavy atom. The van der Waals surface area contributed by atoms with Crippen LogP contribution in [0.3, 0.4) is 0 Å². The van der Waals surface area contributed by atoms with Crippen LogP contribution in [0.4, 0.5) is 0 Å². The second-order valence-electron chi connectivity index (χ2n) is 9.20. The molecule has 3 aromatic carbocycles. The molecule has 3 aromatic rings. The third kappa shape index (κ3) is 8.54. The minimum Gasteiger partial charge on any atom is -0.465 e. The highest BCUT2D eigenvalue weighted by atomic mass is 31.1. The van der Waals surface area contributed by atoms with Crippen LogP contribution in [-0.4, -0.2) is 74.8 Å². The van der Waals surface area contributed by atoms with E-state index in [1.807, 2.05) is 60.7 Å². The number of esters is 1. The molecule has 4 rings (SSSR count). The van der Waals surface area contributed by atoms with Crippen LogP contribution in [0.25, 0.3) is 0 Å². The molecule has 1 aliphatic rings. The molecule has 0 aliphatic carbocycles. The summed E-state index contributed by atoms with van der Waals surface area (Å²) in [6.07, 6.45) is 0.0278. The van der Waals surface area contributed by atoms with Gasteiger partial charge in [0.2, 0.25) is 0 Å². The molecule has 3 amide bonds. The first-order chi connectivity index (χ1) is 20.9. The summed E-state index contributed by atoms with van der Waals surface area (Å²) in [5.41, 5.74) is 0.780. The van der Waals surface area contributed by atoms with Crippen molar-refractivity contribution in [3.63, 3.8) is 0 Å². The molecular formula is C31H31N2O9P. The van der Waals surface area contributed by atoms with E-state index in [4.69, 9.17) is 19.0 Å². The first-order valence-electron chi connectivity index (χ1n) is 13.5. The number of carbonyl (C=O) groups is 5. The zero-order valence-electron chi connectivity index (χ0n) is 23.5. The molecule has 0 spiro atoms. The van der Waals surface area contributed by atoms with Crippen LogP contribution < -0.4 is 21.2 Å². The molecule has 12 heteroatoms. The summed E-state index contributed by atoms with van der Waals surface area (Å²) in [6, 6.07) is 24.6. The predicted molar refractivity (Wildman–Crippen MR) is 158 cm³/mol. The van der Waals surface area contributed by atoms with Gasteiger partial charge < -0.3 is 24.4 Å². The lowest BCUT2D eigenvalue weighted by molar-refractivity contribution is -0.200. The molecule has 43 heavy (non-hydrogen) atoms. The molecule has 0 atom stereocenters. The number of benzene rings is 3. The van der Waals surface area contributed by atoms with Gasteiger partial charge in [-0.3, -0.25) is 14.4 Å². The van der Waals surface area contributed by atoms with Crippen LogP contribution in [-0.2, 0) is 33.4 Å². The Labute approximate surface area is 249 Å². The van der Waals surface area contributed by atoms with Gasteiger partial charge in [-0.1, -0.05) is 60.7 Å². The van der Waals surface area contributed by atoms with Gasteiger partial charge in [-0.2, -0.15) is 0 Å². The van der Waals surface area contributed by atoms with Gasteiger partial charge in [-0.25, -0.2) is 9.59 Å². The van der Waals surface area contributed by atoms with Gasteiger partial charge >= 0.3 is 11.9 Å². The largest absolute Gasteiger partial charge is 0.465 e. The number of hydroxylamine groups is 2. The normalized spacial score (nSPS) is 12.8. The third-order valence-electron chi connectivity index (χ3n) is 6.26. The Morgan fingerprint density at radius 2 is 1.42 bits per heavy atom. The van der Waals surface area contributed by atoms with Crippen molar-refractivity contribution in [2.24, 2.45) is 0 Å². The van der Waals surface area contributed by atoms with Crippen LogP contribution in [0, 0.1) is 0 Å². The quantitative estimate of drug-likeness (QED) is 0.126. The van der Waals surface area contributed by atoms with Crippen LogP contribution in [0.5, 0.6) is 0 Å². The maximum Gasteiger partial charge on any atom is 0.358 e. The average Bonchev–Trinajstić information content (AvgIpc) is 3.35. The summed E-state index contributed by atoms with van der Waals surface area (Å²) >= 11 is 0. The molecular weight excluding hydrogens is 575 g/mol. The van der Waals surface area contributed by atoms with E-state index in [0.29, 0.717) is 21.5 Å². The Hall–Kier alpha value is -4.44. The monoisotopic (exact) mass is 606 g/mol. The van der Waals surface area contributed by atoms with Gasteiger partial charge in [0.15, 0.2) is 0 Å². The lowest BCUT2D eigenvalue weighted by atomic mass is 10.1. The van der Waals surface area contributed by atoms with Crippen molar-refractivity contribution >= 4 is 53.5 Å². The lowest BCUT2D eigenvalue weighted by Crippen LogP contribution is -2.33. The molecule has 1 heterocycles. The second kappa shape index (κ2) is 15.7. The molecule has 0 radical (unpaired) electrons. The SMILES string of the molecule is COC(=O)c1ccc(C(=O)NCCOCCOCC(=O)ON2C(=O)CCC2=O)cc1P(c1ccccc1)c1ccccc1. The van der Waals surface area contributed by atoms with Crippen molar-refractivity contribution in [1.82, 2.24) is 10.4 Å². The van der Waals surface area contributed by atoms with E-state index in [-0.39, 0.29) is 45.1 Å². The Kier molecular flexibility index (Phi) is 11.5. The smallest absolute Gasteiger partial charge is 0.358 e. The molecule has 0 aromatic heterocycles. The maximum atomic E-state index is 13.0. The standard InChI is InChI=1S/C31H31N2O9P/c1-39-31(38)25-13-12-22(20-26(25)43(23-8-4-2-5-9-23)24-10-6-3-7-11-24)30(37)32-16-17-40-18-19-41-21-29(36)42-33-27(34)14-15-28(33)35/h2-13,20H,14-19,21H2,1H3,(H,32,37). The minimum absolute atomic E-state index is 0.0139. The van der Waals surface area contributed by atoms with Gasteiger partial charge in [0.25, 0.3) is 17.7 Å². The third-order valence-corrected chi connectivity index (χ3v) is 8.74. The fourth-order valence-electron chi connectivity index (χ4n) is 4.22. The minimum atomic E-state index is -1.17. The molecule has 1 fully saturated rings. The molecule has 1 aliphatic heterocycles. The molecule has 11 nitrogen and oxygen atoms in total. The van der Waals surface area contributed by atoms with Crippen LogP contribution in [0.2, 0.25) is 0 Å². The number of imide groups is 1. The van der Waals surface area contributed by atoms with Crippen molar-refractivity contribution in [2.45, 2.75) is 12.8 Å². The summed E-state index contributed by atoms with van der Waals surface area (Å²) in [5.74, 6) is -2.80. The fourth-order valence-corrected chi connectivity index (χ4v) is 6.69. The molecule has 1 N–H and O–H groups in total. The topological polar surface area (TPSA) is 138 Å². The summed E-state index contributed by atoms with van der Waals surface area (Å²) in [4.78, 5) is 65.2. The average molecular weight is 607 g/mol. The zero-order chi connectivity index (χ0) is 30.6. The number of nitrogens with zero attached hydrogens (tertiary/aromatic N) is 1. The lowest BCUT2D eigenvalue weighted by Gasteiger charge is -2.22. The van der Waals surface area contributed by atoms with E-state index in [1.165, 1.54) is 7.11 Å². The second-order valence-corrected chi connectivity index (χ2v) is 11.4. The summed E-state index contributed by atoms with van der Waals surface area (Å²) < 4.78 is 15.7. The Balaban J connectivity index is 1.31. The van der Waals surface area contributed by atoms with Crippen molar-refractivity contribution in [3.8, 4) is 0 Å². The Bertz CT molecular complexity index is 1390. The van der Waals surface area contributed by atoms with E-state index in [0.717, 1.165) is 10.6 Å². The van der Waals surface area contributed by atoms with E-state index in [1.54, 1.807) is 18.2 Å². The van der Waals surface area contributed by atoms with E-state index in [9.17, 15) is 24.0 Å².